The molecule has 0 radical (unpaired) electrons. The Morgan fingerprint density at radius 3 is 2.37 bits per heavy atom. The molecule has 2 heterocycles. The lowest BCUT2D eigenvalue weighted by Crippen LogP contribution is -2.41. The molecule has 6 nitrogen and oxygen atoms in total. The summed E-state index contributed by atoms with van der Waals surface area (Å²) >= 11 is 0. The van der Waals surface area contributed by atoms with Gasteiger partial charge >= 0.3 is 12.0 Å². The Balaban J connectivity index is 1.93. The normalized spacial score (nSPS) is 32.7. The van der Waals surface area contributed by atoms with Crippen molar-refractivity contribution in [2.75, 3.05) is 26.2 Å². The first-order valence-electron chi connectivity index (χ1n) is 6.85. The standard InChI is InChI=1S/C13H22N2O4/c1-8-5-15(7-11(8)12(17)18)13(19)14-4-3-10(6-14)9(2)16/h8-11,16H,3-7H2,1-2H3,(H,17,18). The molecular weight excluding hydrogens is 248 g/mol. The van der Waals surface area contributed by atoms with Crippen molar-refractivity contribution < 1.29 is 19.8 Å². The SMILES string of the molecule is CC(O)C1CCN(C(=O)N2CC(C)C(C(=O)O)C2)C1. The summed E-state index contributed by atoms with van der Waals surface area (Å²) in [5, 5.41) is 18.6. The lowest BCUT2D eigenvalue weighted by atomic mass is 9.99. The van der Waals surface area contributed by atoms with E-state index in [1.54, 1.807) is 16.7 Å². The van der Waals surface area contributed by atoms with E-state index in [2.05, 4.69) is 0 Å². The summed E-state index contributed by atoms with van der Waals surface area (Å²) < 4.78 is 0. The summed E-state index contributed by atoms with van der Waals surface area (Å²) in [5.41, 5.74) is 0. The first-order valence-corrected chi connectivity index (χ1v) is 6.85. The highest BCUT2D eigenvalue weighted by molar-refractivity contribution is 5.78. The van der Waals surface area contributed by atoms with Crippen LogP contribution in [0.3, 0.4) is 0 Å². The van der Waals surface area contributed by atoms with Crippen LogP contribution in [0.4, 0.5) is 4.79 Å². The molecule has 2 amide bonds. The molecule has 0 aliphatic carbocycles. The summed E-state index contributed by atoms with van der Waals surface area (Å²) in [6, 6.07) is -0.0845. The third-order valence-corrected chi connectivity index (χ3v) is 4.38. The number of urea groups is 1. The van der Waals surface area contributed by atoms with Crippen molar-refractivity contribution in [1.82, 2.24) is 9.80 Å². The van der Waals surface area contributed by atoms with E-state index in [9.17, 15) is 14.7 Å². The highest BCUT2D eigenvalue weighted by Gasteiger charge is 2.40. The molecule has 108 valence electrons. The Kier molecular flexibility index (Phi) is 3.99. The first kappa shape index (κ1) is 14.1. The average molecular weight is 270 g/mol. The molecule has 0 saturated carbocycles. The molecule has 2 N–H and O–H groups in total. The van der Waals surface area contributed by atoms with Crippen LogP contribution in [0.2, 0.25) is 0 Å². The number of aliphatic carboxylic acids is 1. The molecule has 4 unspecified atom stereocenters. The van der Waals surface area contributed by atoms with Crippen LogP contribution in [0.1, 0.15) is 20.3 Å². The van der Waals surface area contributed by atoms with Crippen LogP contribution >= 0.6 is 0 Å². The van der Waals surface area contributed by atoms with E-state index in [0.29, 0.717) is 26.2 Å². The van der Waals surface area contributed by atoms with Gasteiger partial charge in [0, 0.05) is 32.1 Å². The summed E-state index contributed by atoms with van der Waals surface area (Å²) in [6.07, 6.45) is 0.414. The Labute approximate surface area is 113 Å². The fourth-order valence-electron chi connectivity index (χ4n) is 3.00. The molecule has 19 heavy (non-hydrogen) atoms. The molecule has 2 rings (SSSR count). The Morgan fingerprint density at radius 1 is 1.21 bits per heavy atom. The van der Waals surface area contributed by atoms with Gasteiger partial charge in [-0.25, -0.2) is 4.79 Å². The molecule has 2 fully saturated rings. The summed E-state index contributed by atoms with van der Waals surface area (Å²) in [5.74, 6) is -1.15. The van der Waals surface area contributed by atoms with Gasteiger partial charge in [0.15, 0.2) is 0 Å². The van der Waals surface area contributed by atoms with E-state index in [-0.39, 0.29) is 17.9 Å². The number of nitrogens with zero attached hydrogens (tertiary/aromatic N) is 2. The number of aliphatic hydroxyl groups excluding tert-OH is 1. The third kappa shape index (κ3) is 2.83. The van der Waals surface area contributed by atoms with Crippen molar-refractivity contribution in [3.05, 3.63) is 0 Å². The van der Waals surface area contributed by atoms with Crippen LogP contribution in [0, 0.1) is 17.8 Å². The highest BCUT2D eigenvalue weighted by Crippen LogP contribution is 2.26. The molecule has 0 spiro atoms. The molecule has 0 aromatic heterocycles. The van der Waals surface area contributed by atoms with Crippen molar-refractivity contribution in [2.45, 2.75) is 26.4 Å². The van der Waals surface area contributed by atoms with E-state index < -0.39 is 18.0 Å². The summed E-state index contributed by atoms with van der Waals surface area (Å²) in [7, 11) is 0. The number of hydrogen-bond acceptors (Lipinski definition) is 3. The maximum atomic E-state index is 12.3. The number of carbonyl (C=O) groups excluding carboxylic acids is 1. The average Bonchev–Trinajstić information content (AvgIpc) is 2.94. The largest absolute Gasteiger partial charge is 0.481 e. The zero-order valence-electron chi connectivity index (χ0n) is 11.5. The first-order chi connectivity index (χ1) is 8.90. The van der Waals surface area contributed by atoms with Crippen molar-refractivity contribution in [3.8, 4) is 0 Å². The molecule has 2 aliphatic heterocycles. The van der Waals surface area contributed by atoms with Gasteiger partial charge in [-0.15, -0.1) is 0 Å². The Bertz CT molecular complexity index is 372. The van der Waals surface area contributed by atoms with Gasteiger partial charge in [0.05, 0.1) is 12.0 Å². The third-order valence-electron chi connectivity index (χ3n) is 4.38. The van der Waals surface area contributed by atoms with Gasteiger partial charge in [0.1, 0.15) is 0 Å². The smallest absolute Gasteiger partial charge is 0.320 e. The summed E-state index contributed by atoms with van der Waals surface area (Å²) in [6.45, 7) is 5.64. The lowest BCUT2D eigenvalue weighted by molar-refractivity contribution is -0.142. The van der Waals surface area contributed by atoms with Crippen LogP contribution in [0.5, 0.6) is 0 Å². The van der Waals surface area contributed by atoms with Crippen LogP contribution < -0.4 is 0 Å². The topological polar surface area (TPSA) is 81.1 Å². The predicted molar refractivity (Wildman–Crippen MR) is 68.6 cm³/mol. The number of rotatable bonds is 2. The number of hydrogen-bond donors (Lipinski definition) is 2. The number of carboxylic acid groups (broad SMARTS) is 1. The molecule has 0 bridgehead atoms. The van der Waals surface area contributed by atoms with Crippen molar-refractivity contribution in [3.63, 3.8) is 0 Å². The van der Waals surface area contributed by atoms with Gasteiger partial charge in [0.2, 0.25) is 0 Å². The minimum atomic E-state index is -0.828. The van der Waals surface area contributed by atoms with Crippen LogP contribution in [-0.4, -0.2) is 64.3 Å². The van der Waals surface area contributed by atoms with E-state index >= 15 is 0 Å². The van der Waals surface area contributed by atoms with Gasteiger partial charge in [0.25, 0.3) is 0 Å². The van der Waals surface area contributed by atoms with Crippen molar-refractivity contribution in [1.29, 1.82) is 0 Å². The number of carboxylic acids is 1. The molecule has 2 aliphatic rings. The van der Waals surface area contributed by atoms with Gasteiger partial charge in [-0.1, -0.05) is 6.92 Å². The van der Waals surface area contributed by atoms with E-state index in [1.807, 2.05) is 6.92 Å². The number of amides is 2. The quantitative estimate of drug-likeness (QED) is 0.764. The van der Waals surface area contributed by atoms with Gasteiger partial charge in [-0.05, 0) is 19.3 Å². The van der Waals surface area contributed by atoms with E-state index in [0.717, 1.165) is 6.42 Å². The van der Waals surface area contributed by atoms with Crippen LogP contribution in [-0.2, 0) is 4.79 Å². The molecule has 2 saturated heterocycles. The van der Waals surface area contributed by atoms with E-state index in [4.69, 9.17) is 5.11 Å². The molecule has 0 aromatic rings. The minimum Gasteiger partial charge on any atom is -0.481 e. The molecule has 4 atom stereocenters. The molecule has 0 aromatic carbocycles. The second kappa shape index (κ2) is 5.36. The van der Waals surface area contributed by atoms with Crippen LogP contribution in [0.25, 0.3) is 0 Å². The molecular formula is C13H22N2O4. The predicted octanol–water partition coefficient (Wildman–Crippen LogP) is 0.462. The zero-order chi connectivity index (χ0) is 14.2. The van der Waals surface area contributed by atoms with Gasteiger partial charge < -0.3 is 20.0 Å². The zero-order valence-corrected chi connectivity index (χ0v) is 11.5. The van der Waals surface area contributed by atoms with Crippen LogP contribution in [0.15, 0.2) is 0 Å². The maximum absolute atomic E-state index is 12.3. The van der Waals surface area contributed by atoms with Crippen molar-refractivity contribution in [2.24, 2.45) is 17.8 Å². The van der Waals surface area contributed by atoms with Gasteiger partial charge in [-0.3, -0.25) is 4.79 Å². The highest BCUT2D eigenvalue weighted by atomic mass is 16.4. The fraction of sp³-hybridized carbons (Fsp3) is 0.846. The number of carbonyl (C=O) groups is 2. The fourth-order valence-corrected chi connectivity index (χ4v) is 3.00. The monoisotopic (exact) mass is 270 g/mol. The maximum Gasteiger partial charge on any atom is 0.320 e. The van der Waals surface area contributed by atoms with Gasteiger partial charge in [-0.2, -0.15) is 0 Å². The molecule has 6 heteroatoms. The minimum absolute atomic E-state index is 0.00313. The summed E-state index contributed by atoms with van der Waals surface area (Å²) in [4.78, 5) is 26.7. The second-order valence-corrected chi connectivity index (χ2v) is 5.84. The number of aliphatic hydroxyl groups is 1. The Morgan fingerprint density at radius 2 is 1.89 bits per heavy atom. The Hall–Kier alpha value is -1.30. The lowest BCUT2D eigenvalue weighted by Gasteiger charge is -2.24. The van der Waals surface area contributed by atoms with E-state index in [1.165, 1.54) is 0 Å². The van der Waals surface area contributed by atoms with Crippen molar-refractivity contribution >= 4 is 12.0 Å². The second-order valence-electron chi connectivity index (χ2n) is 5.84. The number of likely N-dealkylation sites (tertiary alicyclic amines) is 2.